The lowest BCUT2D eigenvalue weighted by atomic mass is 10.0. The van der Waals surface area contributed by atoms with Crippen molar-refractivity contribution in [1.29, 1.82) is 0 Å². The molecule has 0 N–H and O–H groups in total. The summed E-state index contributed by atoms with van der Waals surface area (Å²) in [6.07, 6.45) is 1.58. The van der Waals surface area contributed by atoms with Gasteiger partial charge in [-0.05, 0) is 35.4 Å². The van der Waals surface area contributed by atoms with Gasteiger partial charge in [-0.25, -0.2) is 0 Å². The Bertz CT molecular complexity index is 941. The molecule has 118 valence electrons. The summed E-state index contributed by atoms with van der Waals surface area (Å²) in [5.41, 5.74) is 3.61. The van der Waals surface area contributed by atoms with Crippen LogP contribution in [0.4, 0.5) is 0 Å². The predicted molar refractivity (Wildman–Crippen MR) is 89.8 cm³/mol. The van der Waals surface area contributed by atoms with Crippen molar-refractivity contribution in [3.63, 3.8) is 0 Å². The molecule has 0 saturated heterocycles. The Labute approximate surface area is 139 Å². The van der Waals surface area contributed by atoms with E-state index in [4.69, 9.17) is 4.42 Å². The number of amides is 1. The van der Waals surface area contributed by atoms with Gasteiger partial charge in [0.1, 0.15) is 5.76 Å². The molecule has 1 heterocycles. The maximum Gasteiger partial charge on any atom is 0.254 e. The van der Waals surface area contributed by atoms with Crippen LogP contribution in [0.15, 0.2) is 65.3 Å². The van der Waals surface area contributed by atoms with E-state index in [9.17, 15) is 9.59 Å². The van der Waals surface area contributed by atoms with Gasteiger partial charge in [-0.2, -0.15) is 0 Å². The first-order valence-corrected chi connectivity index (χ1v) is 7.71. The predicted octanol–water partition coefficient (Wildman–Crippen LogP) is 3.76. The highest BCUT2D eigenvalue weighted by Gasteiger charge is 2.27. The average Bonchev–Trinajstić information content (AvgIpc) is 3.21. The number of fused-ring (bicyclic) bond motifs is 3. The minimum Gasteiger partial charge on any atom is -0.467 e. The maximum absolute atomic E-state index is 12.6. The molecule has 0 radical (unpaired) electrons. The van der Waals surface area contributed by atoms with Gasteiger partial charge in [-0.3, -0.25) is 9.59 Å². The third-order valence-corrected chi connectivity index (χ3v) is 4.29. The smallest absolute Gasteiger partial charge is 0.254 e. The Morgan fingerprint density at radius 1 is 0.958 bits per heavy atom. The van der Waals surface area contributed by atoms with E-state index in [1.54, 1.807) is 36.4 Å². The Morgan fingerprint density at radius 3 is 2.46 bits per heavy atom. The van der Waals surface area contributed by atoms with E-state index in [2.05, 4.69) is 0 Å². The van der Waals surface area contributed by atoms with Gasteiger partial charge in [-0.15, -0.1) is 0 Å². The molecule has 0 spiro atoms. The van der Waals surface area contributed by atoms with Crippen molar-refractivity contribution in [2.45, 2.75) is 6.54 Å². The molecule has 4 heteroatoms. The van der Waals surface area contributed by atoms with Crippen LogP contribution in [0.5, 0.6) is 0 Å². The topological polar surface area (TPSA) is 50.5 Å². The van der Waals surface area contributed by atoms with E-state index in [-0.39, 0.29) is 11.7 Å². The Balaban J connectivity index is 1.65. The Hall–Kier alpha value is -3.14. The van der Waals surface area contributed by atoms with Gasteiger partial charge in [-0.1, -0.05) is 30.3 Å². The molecular formula is C20H15NO3. The fraction of sp³-hybridized carbons (Fsp3) is 0.100. The average molecular weight is 317 g/mol. The molecule has 4 rings (SSSR count). The highest BCUT2D eigenvalue weighted by molar-refractivity contribution is 6.22. The van der Waals surface area contributed by atoms with Gasteiger partial charge in [0.05, 0.1) is 12.8 Å². The lowest BCUT2D eigenvalue weighted by Gasteiger charge is -2.16. The zero-order chi connectivity index (χ0) is 16.7. The molecule has 0 aliphatic heterocycles. The van der Waals surface area contributed by atoms with Crippen molar-refractivity contribution >= 4 is 11.7 Å². The minimum atomic E-state index is -0.141. The quantitative estimate of drug-likeness (QED) is 0.578. The van der Waals surface area contributed by atoms with Crippen LogP contribution in [0.1, 0.15) is 32.0 Å². The van der Waals surface area contributed by atoms with E-state index in [0.29, 0.717) is 23.2 Å². The van der Waals surface area contributed by atoms with Gasteiger partial charge in [0.25, 0.3) is 5.91 Å². The minimum absolute atomic E-state index is 0.0241. The molecular weight excluding hydrogens is 302 g/mol. The first kappa shape index (κ1) is 14.5. The second kappa shape index (κ2) is 5.49. The van der Waals surface area contributed by atoms with Crippen LogP contribution in [0, 0.1) is 0 Å². The molecule has 0 atom stereocenters. The highest BCUT2D eigenvalue weighted by atomic mass is 16.3. The molecule has 3 aromatic rings. The maximum atomic E-state index is 12.6. The van der Waals surface area contributed by atoms with Gasteiger partial charge in [0, 0.05) is 23.7 Å². The van der Waals surface area contributed by atoms with Crippen LogP contribution in [0.25, 0.3) is 11.1 Å². The van der Waals surface area contributed by atoms with Gasteiger partial charge in [0.15, 0.2) is 5.78 Å². The Morgan fingerprint density at radius 2 is 1.71 bits per heavy atom. The van der Waals surface area contributed by atoms with Crippen LogP contribution in [0.3, 0.4) is 0 Å². The number of rotatable bonds is 3. The summed E-state index contributed by atoms with van der Waals surface area (Å²) in [6.45, 7) is 0.386. The molecule has 2 aromatic carbocycles. The molecule has 1 aromatic heterocycles. The lowest BCUT2D eigenvalue weighted by molar-refractivity contribution is 0.0775. The van der Waals surface area contributed by atoms with Crippen molar-refractivity contribution < 1.29 is 14.0 Å². The molecule has 0 fully saturated rings. The molecule has 1 aliphatic carbocycles. The largest absolute Gasteiger partial charge is 0.467 e. The fourth-order valence-corrected chi connectivity index (χ4v) is 3.09. The number of hydrogen-bond acceptors (Lipinski definition) is 3. The summed E-state index contributed by atoms with van der Waals surface area (Å²) < 4.78 is 5.28. The molecule has 0 saturated carbocycles. The van der Waals surface area contributed by atoms with Crippen LogP contribution in [-0.4, -0.2) is 23.6 Å². The lowest BCUT2D eigenvalue weighted by Crippen LogP contribution is -2.26. The summed E-state index contributed by atoms with van der Waals surface area (Å²) in [5.74, 6) is 0.553. The van der Waals surface area contributed by atoms with Gasteiger partial charge in [0.2, 0.25) is 0 Å². The van der Waals surface area contributed by atoms with Crippen molar-refractivity contribution in [1.82, 2.24) is 4.90 Å². The number of furan rings is 1. The number of hydrogen-bond donors (Lipinski definition) is 0. The van der Waals surface area contributed by atoms with Crippen LogP contribution >= 0.6 is 0 Å². The summed E-state index contributed by atoms with van der Waals surface area (Å²) in [6, 6.07) is 16.5. The summed E-state index contributed by atoms with van der Waals surface area (Å²) >= 11 is 0. The molecule has 0 bridgehead atoms. The third-order valence-electron chi connectivity index (χ3n) is 4.29. The first-order valence-electron chi connectivity index (χ1n) is 7.71. The Kier molecular flexibility index (Phi) is 3.31. The molecule has 24 heavy (non-hydrogen) atoms. The summed E-state index contributed by atoms with van der Waals surface area (Å²) in [4.78, 5) is 26.7. The molecule has 0 unspecified atom stereocenters. The fourth-order valence-electron chi connectivity index (χ4n) is 3.09. The van der Waals surface area contributed by atoms with Gasteiger partial charge >= 0.3 is 0 Å². The van der Waals surface area contributed by atoms with Crippen molar-refractivity contribution in [3.8, 4) is 11.1 Å². The monoisotopic (exact) mass is 317 g/mol. The van der Waals surface area contributed by atoms with Crippen molar-refractivity contribution in [3.05, 3.63) is 83.3 Å². The van der Waals surface area contributed by atoms with Crippen LogP contribution in [0.2, 0.25) is 0 Å². The van der Waals surface area contributed by atoms with Crippen molar-refractivity contribution in [2.24, 2.45) is 0 Å². The second-order valence-corrected chi connectivity index (χ2v) is 5.88. The van der Waals surface area contributed by atoms with E-state index in [0.717, 1.165) is 16.9 Å². The second-order valence-electron chi connectivity index (χ2n) is 5.88. The number of ketones is 1. The SMILES string of the molecule is CN(Cc1ccco1)C(=O)c1ccc2c(c1)C(=O)c1ccccc1-2. The number of benzene rings is 2. The molecule has 1 amide bonds. The summed E-state index contributed by atoms with van der Waals surface area (Å²) in [5, 5.41) is 0. The number of nitrogens with zero attached hydrogens (tertiary/aromatic N) is 1. The highest BCUT2D eigenvalue weighted by Crippen LogP contribution is 2.36. The zero-order valence-corrected chi connectivity index (χ0v) is 13.2. The zero-order valence-electron chi connectivity index (χ0n) is 13.2. The van der Waals surface area contributed by atoms with E-state index in [1.807, 2.05) is 36.4 Å². The number of carbonyl (C=O) groups excluding carboxylic acids is 2. The molecule has 4 nitrogen and oxygen atoms in total. The van der Waals surface area contributed by atoms with E-state index in [1.165, 1.54) is 0 Å². The molecule has 1 aliphatic rings. The third kappa shape index (κ3) is 2.24. The van der Waals surface area contributed by atoms with Gasteiger partial charge < -0.3 is 9.32 Å². The number of carbonyl (C=O) groups is 2. The van der Waals surface area contributed by atoms with E-state index < -0.39 is 0 Å². The van der Waals surface area contributed by atoms with E-state index >= 15 is 0 Å². The normalized spacial score (nSPS) is 12.0. The summed E-state index contributed by atoms with van der Waals surface area (Å²) in [7, 11) is 1.72. The first-order chi connectivity index (χ1) is 11.6. The van der Waals surface area contributed by atoms with Crippen LogP contribution in [-0.2, 0) is 6.54 Å². The van der Waals surface area contributed by atoms with Crippen LogP contribution < -0.4 is 0 Å². The van der Waals surface area contributed by atoms with Crippen molar-refractivity contribution in [2.75, 3.05) is 7.05 Å². The standard InChI is InChI=1S/C20H15NO3/c1-21(12-14-5-4-10-24-14)20(23)13-8-9-16-15-6-2-3-7-17(15)19(22)18(16)11-13/h2-11H,12H2,1H3.